The summed E-state index contributed by atoms with van der Waals surface area (Å²) in [6, 6.07) is 0. The summed E-state index contributed by atoms with van der Waals surface area (Å²) in [5.74, 6) is 1.02. The van der Waals surface area contributed by atoms with Crippen LogP contribution in [0.1, 0.15) is 30.5 Å². The Balaban J connectivity index is 2.11. The van der Waals surface area contributed by atoms with Gasteiger partial charge in [-0.1, -0.05) is 0 Å². The predicted octanol–water partition coefficient (Wildman–Crippen LogP) is 1.38. The first kappa shape index (κ1) is 15.2. The number of anilines is 1. The van der Waals surface area contributed by atoms with Crippen LogP contribution < -0.4 is 4.90 Å². The zero-order valence-electron chi connectivity index (χ0n) is 13.1. The Morgan fingerprint density at radius 3 is 2.70 bits per heavy atom. The maximum absolute atomic E-state index is 10.7. The third kappa shape index (κ3) is 3.46. The maximum Gasteiger partial charge on any atom is 0.135 e. The Hall–Kier alpha value is -1.20. The molecular formula is C15H26N4O. The molecule has 1 atom stereocenters. The van der Waals surface area contributed by atoms with E-state index in [0.717, 1.165) is 56.0 Å². The number of hydrogen-bond donors (Lipinski definition) is 1. The fourth-order valence-electron chi connectivity index (χ4n) is 2.98. The zero-order chi connectivity index (χ0) is 14.8. The predicted molar refractivity (Wildman–Crippen MR) is 81.1 cm³/mol. The van der Waals surface area contributed by atoms with E-state index in [9.17, 15) is 5.11 Å². The van der Waals surface area contributed by atoms with Gasteiger partial charge in [-0.15, -0.1) is 0 Å². The first-order valence-corrected chi connectivity index (χ1v) is 7.31. The van der Waals surface area contributed by atoms with Crippen LogP contribution >= 0.6 is 0 Å². The van der Waals surface area contributed by atoms with Gasteiger partial charge in [0.1, 0.15) is 12.1 Å². The van der Waals surface area contributed by atoms with Gasteiger partial charge in [0.2, 0.25) is 0 Å². The summed E-state index contributed by atoms with van der Waals surface area (Å²) >= 11 is 0. The molecule has 1 saturated heterocycles. The Kier molecular flexibility index (Phi) is 4.60. The van der Waals surface area contributed by atoms with E-state index in [0.29, 0.717) is 0 Å². The molecular weight excluding hydrogens is 252 g/mol. The van der Waals surface area contributed by atoms with E-state index in [2.05, 4.69) is 26.7 Å². The molecule has 1 aliphatic rings. The Morgan fingerprint density at radius 2 is 2.00 bits per heavy atom. The first-order valence-electron chi connectivity index (χ1n) is 7.31. The van der Waals surface area contributed by atoms with Crippen LogP contribution in [0.4, 0.5) is 5.82 Å². The van der Waals surface area contributed by atoms with E-state index in [1.165, 1.54) is 0 Å². The van der Waals surface area contributed by atoms with Crippen molar-refractivity contribution in [2.24, 2.45) is 0 Å². The van der Waals surface area contributed by atoms with Crippen LogP contribution in [0.25, 0.3) is 0 Å². The summed E-state index contributed by atoms with van der Waals surface area (Å²) in [4.78, 5) is 13.0. The number of nitrogens with zero attached hydrogens (tertiary/aromatic N) is 4. The Morgan fingerprint density at radius 1 is 1.25 bits per heavy atom. The molecule has 20 heavy (non-hydrogen) atoms. The van der Waals surface area contributed by atoms with Gasteiger partial charge >= 0.3 is 0 Å². The second-order valence-corrected chi connectivity index (χ2v) is 6.21. The van der Waals surface area contributed by atoms with Gasteiger partial charge in [0.15, 0.2) is 0 Å². The minimum Gasteiger partial charge on any atom is -0.388 e. The summed E-state index contributed by atoms with van der Waals surface area (Å²) < 4.78 is 0. The van der Waals surface area contributed by atoms with Gasteiger partial charge in [0.25, 0.3) is 0 Å². The van der Waals surface area contributed by atoms with E-state index < -0.39 is 5.60 Å². The molecule has 1 fully saturated rings. The van der Waals surface area contributed by atoms with Crippen molar-refractivity contribution in [3.63, 3.8) is 0 Å². The highest BCUT2D eigenvalue weighted by Gasteiger charge is 2.31. The molecule has 2 rings (SSSR count). The molecule has 2 heterocycles. The molecule has 0 aromatic carbocycles. The second-order valence-electron chi connectivity index (χ2n) is 6.21. The topological polar surface area (TPSA) is 52.5 Å². The van der Waals surface area contributed by atoms with Crippen molar-refractivity contribution in [2.75, 3.05) is 38.6 Å². The summed E-state index contributed by atoms with van der Waals surface area (Å²) in [5, 5.41) is 10.7. The molecule has 0 unspecified atom stereocenters. The molecule has 5 nitrogen and oxygen atoms in total. The van der Waals surface area contributed by atoms with Crippen molar-refractivity contribution in [1.82, 2.24) is 14.9 Å². The Bertz CT molecular complexity index is 463. The molecule has 0 aliphatic carbocycles. The fourth-order valence-corrected chi connectivity index (χ4v) is 2.98. The minimum absolute atomic E-state index is 0.575. The third-order valence-corrected chi connectivity index (χ3v) is 4.14. The van der Waals surface area contributed by atoms with Crippen molar-refractivity contribution in [3.05, 3.63) is 17.6 Å². The lowest BCUT2D eigenvalue weighted by molar-refractivity contribution is 0.00537. The smallest absolute Gasteiger partial charge is 0.135 e. The normalized spacial score (nSPS) is 24.0. The number of aliphatic hydroxyl groups is 1. The van der Waals surface area contributed by atoms with Gasteiger partial charge in [-0.05, 0) is 47.2 Å². The third-order valence-electron chi connectivity index (χ3n) is 4.14. The minimum atomic E-state index is -0.575. The van der Waals surface area contributed by atoms with E-state index >= 15 is 0 Å². The van der Waals surface area contributed by atoms with E-state index in [-0.39, 0.29) is 0 Å². The van der Waals surface area contributed by atoms with Crippen LogP contribution in [-0.2, 0) is 0 Å². The number of rotatable bonds is 3. The van der Waals surface area contributed by atoms with Gasteiger partial charge in [-0.3, -0.25) is 0 Å². The SMILES string of the molecule is Cc1ncnc(N2CCC[C@@](O)(CN(C)C)CC2)c1C. The van der Waals surface area contributed by atoms with Crippen LogP contribution in [-0.4, -0.2) is 59.3 Å². The van der Waals surface area contributed by atoms with Gasteiger partial charge in [-0.2, -0.15) is 0 Å². The lowest BCUT2D eigenvalue weighted by Crippen LogP contribution is -2.41. The van der Waals surface area contributed by atoms with Crippen molar-refractivity contribution in [1.29, 1.82) is 0 Å². The van der Waals surface area contributed by atoms with Crippen LogP contribution in [0.3, 0.4) is 0 Å². The second kappa shape index (κ2) is 6.06. The summed E-state index contributed by atoms with van der Waals surface area (Å²) in [6.45, 7) is 6.61. The molecule has 1 N–H and O–H groups in total. The molecule has 0 amide bonds. The molecule has 0 radical (unpaired) electrons. The molecule has 5 heteroatoms. The van der Waals surface area contributed by atoms with Gasteiger partial charge in [0, 0.05) is 30.9 Å². The van der Waals surface area contributed by atoms with Crippen molar-refractivity contribution >= 4 is 5.82 Å². The molecule has 0 bridgehead atoms. The van der Waals surface area contributed by atoms with Crippen LogP contribution in [0.5, 0.6) is 0 Å². The number of hydrogen-bond acceptors (Lipinski definition) is 5. The van der Waals surface area contributed by atoms with Crippen LogP contribution in [0.2, 0.25) is 0 Å². The van der Waals surface area contributed by atoms with Crippen LogP contribution in [0.15, 0.2) is 6.33 Å². The largest absolute Gasteiger partial charge is 0.388 e. The molecule has 0 saturated carbocycles. The number of aromatic nitrogens is 2. The zero-order valence-corrected chi connectivity index (χ0v) is 13.1. The highest BCUT2D eigenvalue weighted by Crippen LogP contribution is 2.27. The number of aryl methyl sites for hydroxylation is 1. The summed E-state index contributed by atoms with van der Waals surface area (Å²) in [7, 11) is 4.02. The maximum atomic E-state index is 10.7. The monoisotopic (exact) mass is 278 g/mol. The average molecular weight is 278 g/mol. The summed E-state index contributed by atoms with van der Waals surface area (Å²) in [6.07, 6.45) is 4.26. The molecule has 0 spiro atoms. The molecule has 1 aliphatic heterocycles. The van der Waals surface area contributed by atoms with Crippen LogP contribution in [0, 0.1) is 13.8 Å². The highest BCUT2D eigenvalue weighted by molar-refractivity contribution is 5.47. The first-order chi connectivity index (χ1) is 9.41. The summed E-state index contributed by atoms with van der Waals surface area (Å²) in [5.41, 5.74) is 1.60. The number of likely N-dealkylation sites (N-methyl/N-ethyl adjacent to an activating group) is 1. The average Bonchev–Trinajstić information content (AvgIpc) is 2.54. The van der Waals surface area contributed by atoms with Gasteiger partial charge < -0.3 is 14.9 Å². The quantitative estimate of drug-likeness (QED) is 0.905. The van der Waals surface area contributed by atoms with Gasteiger partial charge in [0.05, 0.1) is 5.60 Å². The molecule has 1 aromatic rings. The van der Waals surface area contributed by atoms with E-state index in [4.69, 9.17) is 0 Å². The Labute approximate surface area is 121 Å². The fraction of sp³-hybridized carbons (Fsp3) is 0.733. The van der Waals surface area contributed by atoms with Crippen molar-refractivity contribution < 1.29 is 5.11 Å². The van der Waals surface area contributed by atoms with E-state index in [1.807, 2.05) is 21.0 Å². The standard InChI is InChI=1S/C15H26N4O/c1-12-13(2)16-11-17-14(12)19-8-5-6-15(20,7-9-19)10-18(3)4/h11,20H,5-10H2,1-4H3/t15-/m0/s1. The van der Waals surface area contributed by atoms with Gasteiger partial charge in [-0.25, -0.2) is 9.97 Å². The highest BCUT2D eigenvalue weighted by atomic mass is 16.3. The lowest BCUT2D eigenvalue weighted by Gasteiger charge is -2.30. The molecule has 112 valence electrons. The lowest BCUT2D eigenvalue weighted by atomic mass is 9.94. The van der Waals surface area contributed by atoms with E-state index in [1.54, 1.807) is 6.33 Å². The van der Waals surface area contributed by atoms with Crippen molar-refractivity contribution in [2.45, 2.75) is 38.7 Å². The van der Waals surface area contributed by atoms with Crippen molar-refractivity contribution in [3.8, 4) is 0 Å². The molecule has 1 aromatic heterocycles.